The lowest BCUT2D eigenvalue weighted by molar-refractivity contribution is -0.160. The molecule has 0 heterocycles. The number of ether oxygens (including phenoxy) is 1. The predicted molar refractivity (Wildman–Crippen MR) is 100 cm³/mol. The van der Waals surface area contributed by atoms with E-state index in [9.17, 15) is 9.59 Å². The van der Waals surface area contributed by atoms with Crippen molar-refractivity contribution in [3.05, 3.63) is 0 Å². The van der Waals surface area contributed by atoms with Gasteiger partial charge in [-0.3, -0.25) is 9.59 Å². The molecule has 0 radical (unpaired) electrons. The fourth-order valence-electron chi connectivity index (χ4n) is 7.31. The molecular weight excluding hydrogens is 380 g/mol. The number of esters is 1. The van der Waals surface area contributed by atoms with Gasteiger partial charge in [-0.15, -0.1) is 0 Å². The Bertz CT molecular complexity index is 590. The van der Waals surface area contributed by atoms with Crippen molar-refractivity contribution in [3.63, 3.8) is 0 Å². The molecule has 0 spiro atoms. The average Bonchev–Trinajstić information content (AvgIpc) is 2.78. The monoisotopic (exact) mass is 410 g/mol. The van der Waals surface area contributed by atoms with Crippen LogP contribution in [0.1, 0.15) is 72.1 Å². The predicted octanol–water partition coefficient (Wildman–Crippen LogP) is 4.90. The van der Waals surface area contributed by atoms with Crippen LogP contribution in [0.25, 0.3) is 0 Å². The lowest BCUT2D eigenvalue weighted by Crippen LogP contribution is -2.54. The van der Waals surface area contributed by atoms with Gasteiger partial charge in [-0.05, 0) is 80.5 Å². The number of carbonyl (C=O) groups excluding carboxylic acids is 2. The van der Waals surface area contributed by atoms with E-state index in [1.807, 2.05) is 0 Å². The number of Topliss-reactive ketones (excluding diaryl/α,β-unsaturated/α-hetero) is 1. The fraction of sp³-hybridized carbons (Fsp3) is 0.905. The van der Waals surface area contributed by atoms with E-state index in [0.717, 1.165) is 31.6 Å². The zero-order valence-corrected chi connectivity index (χ0v) is 17.3. The van der Waals surface area contributed by atoms with Crippen LogP contribution in [0.4, 0.5) is 0 Å². The summed E-state index contributed by atoms with van der Waals surface area (Å²) in [5.74, 6) is 3.01. The minimum Gasteiger partial charge on any atom is -0.463 e. The zero-order chi connectivity index (χ0) is 18.0. The average molecular weight is 411 g/mol. The molecular formula is C21H31BrO3. The van der Waals surface area contributed by atoms with Crippen LogP contribution in [0.2, 0.25) is 0 Å². The van der Waals surface area contributed by atoms with Crippen molar-refractivity contribution in [1.29, 1.82) is 0 Å². The second-order valence-corrected chi connectivity index (χ2v) is 10.8. The molecule has 0 aromatic carbocycles. The van der Waals surface area contributed by atoms with Crippen LogP contribution < -0.4 is 0 Å². The molecule has 4 aliphatic carbocycles. The van der Waals surface area contributed by atoms with Crippen LogP contribution in [-0.2, 0) is 14.3 Å². The quantitative estimate of drug-likeness (QED) is 0.455. The van der Waals surface area contributed by atoms with Crippen LogP contribution in [0, 0.1) is 34.5 Å². The van der Waals surface area contributed by atoms with Crippen LogP contribution in [-0.4, -0.2) is 22.7 Å². The van der Waals surface area contributed by atoms with Crippen molar-refractivity contribution < 1.29 is 14.3 Å². The molecule has 0 aromatic heterocycles. The summed E-state index contributed by atoms with van der Waals surface area (Å²) in [6.45, 7) is 6.27. The Kier molecular flexibility index (Phi) is 4.37. The Balaban J connectivity index is 1.55. The Hall–Kier alpha value is -0.380. The van der Waals surface area contributed by atoms with E-state index in [4.69, 9.17) is 4.74 Å². The number of hydrogen-bond acceptors (Lipinski definition) is 3. The van der Waals surface area contributed by atoms with E-state index in [1.54, 1.807) is 0 Å². The van der Waals surface area contributed by atoms with Crippen LogP contribution in [0.15, 0.2) is 0 Å². The van der Waals surface area contributed by atoms with Crippen molar-refractivity contribution in [2.24, 2.45) is 34.5 Å². The Morgan fingerprint density at radius 3 is 2.56 bits per heavy atom. The molecule has 0 aromatic rings. The van der Waals surface area contributed by atoms with Crippen molar-refractivity contribution in [1.82, 2.24) is 0 Å². The highest BCUT2D eigenvalue weighted by Gasteiger charge is 2.62. The maximum atomic E-state index is 12.7. The summed E-state index contributed by atoms with van der Waals surface area (Å²) in [6, 6.07) is 0. The number of halogens is 1. The molecule has 0 unspecified atom stereocenters. The maximum Gasteiger partial charge on any atom is 0.302 e. The third-order valence-electron chi connectivity index (χ3n) is 8.65. The Morgan fingerprint density at radius 2 is 1.84 bits per heavy atom. The summed E-state index contributed by atoms with van der Waals surface area (Å²) >= 11 is 3.66. The maximum absolute atomic E-state index is 12.7. The molecule has 8 atom stereocenters. The first kappa shape index (κ1) is 18.0. The third-order valence-corrected chi connectivity index (χ3v) is 9.44. The second-order valence-electron chi connectivity index (χ2n) is 9.69. The van der Waals surface area contributed by atoms with Crippen LogP contribution in [0.3, 0.4) is 0 Å². The highest BCUT2D eigenvalue weighted by molar-refractivity contribution is 9.10. The van der Waals surface area contributed by atoms with E-state index in [-0.39, 0.29) is 22.3 Å². The van der Waals surface area contributed by atoms with Gasteiger partial charge in [-0.1, -0.05) is 29.8 Å². The molecule has 4 heteroatoms. The molecule has 4 rings (SSSR count). The smallest absolute Gasteiger partial charge is 0.302 e. The number of alkyl halides is 1. The molecule has 0 amide bonds. The Morgan fingerprint density at radius 1 is 1.08 bits per heavy atom. The van der Waals surface area contributed by atoms with E-state index in [0.29, 0.717) is 29.0 Å². The molecule has 4 fully saturated rings. The first-order valence-corrected chi connectivity index (χ1v) is 11.0. The van der Waals surface area contributed by atoms with E-state index >= 15 is 0 Å². The molecule has 25 heavy (non-hydrogen) atoms. The Labute approximate surface area is 159 Å². The summed E-state index contributed by atoms with van der Waals surface area (Å²) in [4.78, 5) is 24.2. The molecule has 4 saturated carbocycles. The highest BCUT2D eigenvalue weighted by atomic mass is 79.9. The lowest BCUT2D eigenvalue weighted by atomic mass is 9.45. The summed E-state index contributed by atoms with van der Waals surface area (Å²) in [7, 11) is 0. The number of ketones is 1. The number of fused-ring (bicyclic) bond motifs is 5. The molecule has 4 aliphatic rings. The third kappa shape index (κ3) is 2.64. The van der Waals surface area contributed by atoms with Crippen LogP contribution in [0.5, 0.6) is 0 Å². The fourth-order valence-corrected chi connectivity index (χ4v) is 8.23. The minimum absolute atomic E-state index is 0.0754. The number of carbonyl (C=O) groups is 2. The van der Waals surface area contributed by atoms with Gasteiger partial charge in [-0.2, -0.15) is 0 Å². The van der Waals surface area contributed by atoms with Crippen molar-refractivity contribution in [2.45, 2.75) is 83.1 Å². The van der Waals surface area contributed by atoms with Crippen LogP contribution >= 0.6 is 15.9 Å². The molecule has 0 N–H and O–H groups in total. The number of hydrogen-bond donors (Lipinski definition) is 0. The van der Waals surface area contributed by atoms with Crippen molar-refractivity contribution in [2.75, 3.05) is 0 Å². The molecule has 0 bridgehead atoms. The first-order valence-electron chi connectivity index (χ1n) is 10.1. The van der Waals surface area contributed by atoms with Gasteiger partial charge in [-0.25, -0.2) is 0 Å². The van der Waals surface area contributed by atoms with E-state index in [1.165, 1.54) is 32.6 Å². The van der Waals surface area contributed by atoms with E-state index < -0.39 is 0 Å². The minimum atomic E-state index is -0.136. The van der Waals surface area contributed by atoms with Gasteiger partial charge in [0.2, 0.25) is 0 Å². The largest absolute Gasteiger partial charge is 0.463 e. The molecule has 0 saturated heterocycles. The standard InChI is InChI=1S/C21H31BrO3/c1-12(23)25-14-6-8-20(2)13(10-14)4-5-15-16(20)7-9-21(3)17(15)11-18(22)19(21)24/h13-18H,4-11H2,1-3H3/t13-,14+,15+,16-,17-,18-,20+,21+/m1/s1. The summed E-state index contributed by atoms with van der Waals surface area (Å²) < 4.78 is 5.54. The van der Waals surface area contributed by atoms with Gasteiger partial charge in [0.25, 0.3) is 0 Å². The second kappa shape index (κ2) is 6.07. The van der Waals surface area contributed by atoms with Gasteiger partial charge in [0.05, 0.1) is 4.83 Å². The lowest BCUT2D eigenvalue weighted by Gasteiger charge is -2.60. The van der Waals surface area contributed by atoms with Gasteiger partial charge in [0.1, 0.15) is 6.10 Å². The first-order chi connectivity index (χ1) is 11.8. The summed E-state index contributed by atoms with van der Waals surface area (Å²) in [5, 5.41) is 0. The van der Waals surface area contributed by atoms with E-state index in [2.05, 4.69) is 29.8 Å². The van der Waals surface area contributed by atoms with Gasteiger partial charge >= 0.3 is 5.97 Å². The van der Waals surface area contributed by atoms with Crippen molar-refractivity contribution >= 4 is 27.7 Å². The normalized spacial score (nSPS) is 52.1. The molecule has 140 valence electrons. The summed E-state index contributed by atoms with van der Waals surface area (Å²) in [5.41, 5.74) is 0.280. The molecule has 0 aliphatic heterocycles. The zero-order valence-electron chi connectivity index (χ0n) is 15.7. The van der Waals surface area contributed by atoms with Crippen molar-refractivity contribution in [3.8, 4) is 0 Å². The topological polar surface area (TPSA) is 43.4 Å². The molecule has 3 nitrogen and oxygen atoms in total. The highest BCUT2D eigenvalue weighted by Crippen LogP contribution is 2.66. The van der Waals surface area contributed by atoms with Gasteiger partial charge in [0.15, 0.2) is 5.78 Å². The summed E-state index contributed by atoms with van der Waals surface area (Å²) in [6.07, 6.45) is 9.15. The number of rotatable bonds is 1. The SMILES string of the molecule is CC(=O)O[C@H]1CC[C@@]2(C)[C@H](CC[C@H]3[C@H]2CC[C@]2(C)C(=O)[C@H](Br)C[C@H]32)C1. The van der Waals surface area contributed by atoms with Gasteiger partial charge in [0, 0.05) is 12.3 Å². The van der Waals surface area contributed by atoms with Gasteiger partial charge < -0.3 is 4.74 Å².